The Hall–Kier alpha value is -2.10. The number of nitrogens with one attached hydrogen (secondary N) is 1. The van der Waals surface area contributed by atoms with E-state index >= 15 is 0 Å². The summed E-state index contributed by atoms with van der Waals surface area (Å²) >= 11 is 0. The number of pyridine rings is 1. The predicted molar refractivity (Wildman–Crippen MR) is 63.1 cm³/mol. The molecular weight excluding hydrogens is 218 g/mol. The van der Waals surface area contributed by atoms with Gasteiger partial charge < -0.3 is 10.1 Å². The van der Waals surface area contributed by atoms with Gasteiger partial charge in [-0.2, -0.15) is 0 Å². The second kappa shape index (κ2) is 3.20. The van der Waals surface area contributed by atoms with Crippen molar-refractivity contribution in [2.75, 3.05) is 0 Å². The highest BCUT2D eigenvalue weighted by atomic mass is 16.4. The van der Waals surface area contributed by atoms with Gasteiger partial charge in [0.1, 0.15) is 0 Å². The number of aromatic amines is 1. The molecule has 1 fully saturated rings. The van der Waals surface area contributed by atoms with E-state index in [1.54, 1.807) is 12.1 Å². The highest BCUT2D eigenvalue weighted by Gasteiger charge is 2.53. The summed E-state index contributed by atoms with van der Waals surface area (Å²) in [5, 5.41) is 10.1. The van der Waals surface area contributed by atoms with Crippen molar-refractivity contribution in [2.45, 2.75) is 18.3 Å². The van der Waals surface area contributed by atoms with E-state index in [0.29, 0.717) is 18.4 Å². The van der Waals surface area contributed by atoms with Crippen LogP contribution in [-0.4, -0.2) is 16.1 Å². The van der Waals surface area contributed by atoms with Crippen molar-refractivity contribution >= 4 is 16.9 Å². The quantitative estimate of drug-likeness (QED) is 0.822. The van der Waals surface area contributed by atoms with Gasteiger partial charge in [0.25, 0.3) is 5.56 Å². The van der Waals surface area contributed by atoms with Gasteiger partial charge in [-0.25, -0.2) is 0 Å². The van der Waals surface area contributed by atoms with Gasteiger partial charge >= 0.3 is 5.97 Å². The number of fused-ring (bicyclic) bond motifs is 1. The first-order valence-electron chi connectivity index (χ1n) is 5.49. The first-order chi connectivity index (χ1) is 8.13. The van der Waals surface area contributed by atoms with Crippen molar-refractivity contribution in [1.82, 2.24) is 4.98 Å². The number of hydrogen-bond acceptors (Lipinski definition) is 2. The SMILES string of the molecule is O=C(O)C1(c2cc3ccccc3[nH]c2=O)CC1. The van der Waals surface area contributed by atoms with E-state index in [9.17, 15) is 14.7 Å². The fourth-order valence-electron chi connectivity index (χ4n) is 2.23. The molecule has 0 spiro atoms. The molecule has 0 radical (unpaired) electrons. The molecule has 2 N–H and O–H groups in total. The average Bonchev–Trinajstić information content (AvgIpc) is 3.09. The molecule has 17 heavy (non-hydrogen) atoms. The largest absolute Gasteiger partial charge is 0.481 e. The number of aromatic nitrogens is 1. The molecule has 3 rings (SSSR count). The Bertz CT molecular complexity index is 668. The van der Waals surface area contributed by atoms with Crippen molar-refractivity contribution < 1.29 is 9.90 Å². The van der Waals surface area contributed by atoms with E-state index in [0.717, 1.165) is 10.9 Å². The molecule has 1 saturated carbocycles. The second-order valence-corrected chi connectivity index (χ2v) is 4.49. The second-order valence-electron chi connectivity index (χ2n) is 4.49. The number of hydrogen-bond donors (Lipinski definition) is 2. The minimum absolute atomic E-state index is 0.288. The summed E-state index contributed by atoms with van der Waals surface area (Å²) in [6, 6.07) is 9.08. The third-order valence-corrected chi connectivity index (χ3v) is 3.43. The number of carboxylic acids is 1. The van der Waals surface area contributed by atoms with Crippen molar-refractivity contribution in [3.05, 3.63) is 46.2 Å². The van der Waals surface area contributed by atoms with Gasteiger partial charge in [-0.15, -0.1) is 0 Å². The molecule has 0 unspecified atom stereocenters. The normalized spacial score (nSPS) is 16.9. The Labute approximate surface area is 96.9 Å². The molecule has 0 aliphatic heterocycles. The standard InChI is InChI=1S/C13H11NO3/c15-11-9(13(5-6-13)12(16)17)7-8-3-1-2-4-10(8)14-11/h1-4,7H,5-6H2,(H,14,15)(H,16,17). The van der Waals surface area contributed by atoms with Crippen LogP contribution >= 0.6 is 0 Å². The van der Waals surface area contributed by atoms with Crippen LogP contribution in [0.2, 0.25) is 0 Å². The van der Waals surface area contributed by atoms with Crippen molar-refractivity contribution in [2.24, 2.45) is 0 Å². The average molecular weight is 229 g/mol. The molecule has 0 atom stereocenters. The van der Waals surface area contributed by atoms with E-state index in [1.807, 2.05) is 18.2 Å². The highest BCUT2D eigenvalue weighted by Crippen LogP contribution is 2.47. The smallest absolute Gasteiger partial charge is 0.314 e. The lowest BCUT2D eigenvalue weighted by molar-refractivity contribution is -0.140. The molecule has 0 saturated heterocycles. The van der Waals surface area contributed by atoms with Crippen LogP contribution in [0.4, 0.5) is 0 Å². The van der Waals surface area contributed by atoms with Gasteiger partial charge in [0.05, 0.1) is 5.41 Å². The first kappa shape index (κ1) is 10.1. The zero-order valence-electron chi connectivity index (χ0n) is 9.06. The van der Waals surface area contributed by atoms with E-state index in [2.05, 4.69) is 4.98 Å². The fraction of sp³-hybridized carbons (Fsp3) is 0.231. The monoisotopic (exact) mass is 229 g/mol. The van der Waals surface area contributed by atoms with Crippen LogP contribution in [-0.2, 0) is 10.2 Å². The molecule has 86 valence electrons. The van der Waals surface area contributed by atoms with Crippen molar-refractivity contribution in [1.29, 1.82) is 0 Å². The summed E-state index contributed by atoms with van der Waals surface area (Å²) in [4.78, 5) is 25.9. The molecule has 0 bridgehead atoms. The van der Waals surface area contributed by atoms with E-state index in [1.165, 1.54) is 0 Å². The lowest BCUT2D eigenvalue weighted by atomic mass is 9.96. The molecule has 1 aromatic heterocycles. The summed E-state index contributed by atoms with van der Waals surface area (Å²) in [7, 11) is 0. The summed E-state index contributed by atoms with van der Waals surface area (Å²) in [6.45, 7) is 0. The lowest BCUT2D eigenvalue weighted by Crippen LogP contribution is -2.28. The van der Waals surface area contributed by atoms with Gasteiger partial charge in [-0.1, -0.05) is 18.2 Å². The third-order valence-electron chi connectivity index (χ3n) is 3.43. The van der Waals surface area contributed by atoms with E-state index in [-0.39, 0.29) is 5.56 Å². The number of para-hydroxylation sites is 1. The number of H-pyrrole nitrogens is 1. The molecule has 1 aliphatic rings. The Morgan fingerprint density at radius 3 is 2.65 bits per heavy atom. The molecule has 1 aromatic carbocycles. The summed E-state index contributed by atoms with van der Waals surface area (Å²) in [5.41, 5.74) is -0.118. The topological polar surface area (TPSA) is 70.2 Å². The number of rotatable bonds is 2. The highest BCUT2D eigenvalue weighted by molar-refractivity contribution is 5.87. The molecule has 1 aliphatic carbocycles. The molecule has 4 nitrogen and oxygen atoms in total. The molecule has 1 heterocycles. The van der Waals surface area contributed by atoms with Gasteiger partial charge in [-0.3, -0.25) is 9.59 Å². The fourth-order valence-corrected chi connectivity index (χ4v) is 2.23. The maximum atomic E-state index is 11.9. The number of benzene rings is 1. The maximum absolute atomic E-state index is 11.9. The molecule has 0 amide bonds. The lowest BCUT2D eigenvalue weighted by Gasteiger charge is -2.09. The Morgan fingerprint density at radius 1 is 1.29 bits per heavy atom. The zero-order valence-corrected chi connectivity index (χ0v) is 9.06. The Balaban J connectivity index is 2.28. The van der Waals surface area contributed by atoms with E-state index in [4.69, 9.17) is 0 Å². The van der Waals surface area contributed by atoms with Gasteiger partial charge in [-0.05, 0) is 30.4 Å². The maximum Gasteiger partial charge on any atom is 0.314 e. The third kappa shape index (κ3) is 1.37. The minimum Gasteiger partial charge on any atom is -0.481 e. The summed E-state index contributed by atoms with van der Waals surface area (Å²) < 4.78 is 0. The van der Waals surface area contributed by atoms with E-state index < -0.39 is 11.4 Å². The summed E-state index contributed by atoms with van der Waals surface area (Å²) in [5.74, 6) is -0.904. The van der Waals surface area contributed by atoms with Crippen molar-refractivity contribution in [3.63, 3.8) is 0 Å². The van der Waals surface area contributed by atoms with Crippen LogP contribution in [0.3, 0.4) is 0 Å². The van der Waals surface area contributed by atoms with Crippen LogP contribution in [0.5, 0.6) is 0 Å². The van der Waals surface area contributed by atoms with Crippen LogP contribution < -0.4 is 5.56 Å². The molecular formula is C13H11NO3. The minimum atomic E-state index is -0.947. The number of aliphatic carboxylic acids is 1. The van der Waals surface area contributed by atoms with Crippen LogP contribution in [0.15, 0.2) is 35.1 Å². The number of carboxylic acid groups (broad SMARTS) is 1. The Morgan fingerprint density at radius 2 is 2.00 bits per heavy atom. The molecule has 2 aromatic rings. The number of carbonyl (C=O) groups is 1. The van der Waals surface area contributed by atoms with Crippen LogP contribution in [0, 0.1) is 0 Å². The van der Waals surface area contributed by atoms with Gasteiger partial charge in [0, 0.05) is 11.1 Å². The predicted octanol–water partition coefficient (Wildman–Crippen LogP) is 1.64. The van der Waals surface area contributed by atoms with Gasteiger partial charge in [0.2, 0.25) is 0 Å². The van der Waals surface area contributed by atoms with Crippen LogP contribution in [0.1, 0.15) is 18.4 Å². The van der Waals surface area contributed by atoms with Gasteiger partial charge in [0.15, 0.2) is 0 Å². The molecule has 4 heteroatoms. The summed E-state index contributed by atoms with van der Waals surface area (Å²) in [6.07, 6.45) is 1.09. The Kier molecular flexibility index (Phi) is 1.90. The van der Waals surface area contributed by atoms with Crippen LogP contribution in [0.25, 0.3) is 10.9 Å². The van der Waals surface area contributed by atoms with Crippen molar-refractivity contribution in [3.8, 4) is 0 Å². The first-order valence-corrected chi connectivity index (χ1v) is 5.49. The zero-order chi connectivity index (χ0) is 12.0.